The lowest BCUT2D eigenvalue weighted by atomic mass is 10.1. The van der Waals surface area contributed by atoms with E-state index >= 15 is 0 Å². The number of halogens is 1. The highest BCUT2D eigenvalue weighted by Crippen LogP contribution is 2.25. The summed E-state index contributed by atoms with van der Waals surface area (Å²) in [6, 6.07) is 5.56. The van der Waals surface area contributed by atoms with Gasteiger partial charge in [-0.1, -0.05) is 12.1 Å². The predicted molar refractivity (Wildman–Crippen MR) is 102 cm³/mol. The summed E-state index contributed by atoms with van der Waals surface area (Å²) in [5.41, 5.74) is 7.27. The van der Waals surface area contributed by atoms with Gasteiger partial charge < -0.3 is 21.1 Å². The third-order valence-electron chi connectivity index (χ3n) is 4.13. The fourth-order valence-electron chi connectivity index (χ4n) is 2.82. The Labute approximate surface area is 162 Å². The van der Waals surface area contributed by atoms with E-state index in [-0.39, 0.29) is 19.7 Å². The molecule has 1 aromatic carbocycles. The van der Waals surface area contributed by atoms with Gasteiger partial charge in [0.2, 0.25) is 0 Å². The van der Waals surface area contributed by atoms with Crippen molar-refractivity contribution in [2.45, 2.75) is 19.1 Å². The number of primary amides is 1. The first-order valence-electron chi connectivity index (χ1n) is 7.65. The number of amides is 3. The van der Waals surface area contributed by atoms with Crippen molar-refractivity contribution in [1.29, 1.82) is 0 Å². The Bertz CT molecular complexity index is 902. The molecule has 0 spiro atoms. The Kier molecular flexibility index (Phi) is 5.10. The van der Waals surface area contributed by atoms with Gasteiger partial charge in [-0.3, -0.25) is 9.48 Å². The first kappa shape index (κ1) is 18.2. The molecule has 1 aliphatic rings. The summed E-state index contributed by atoms with van der Waals surface area (Å²) in [7, 11) is 0. The SMILES string of the molecule is [C-]#[N+]c1ccc(NC(=O)N2Cc3c(C(N)=O)c(I)nn3CC2CO)cc1. The second-order valence-electron chi connectivity index (χ2n) is 5.71. The zero-order valence-corrected chi connectivity index (χ0v) is 15.7. The molecule has 0 bridgehead atoms. The van der Waals surface area contributed by atoms with Gasteiger partial charge in [0.25, 0.3) is 5.91 Å². The number of carbonyl (C=O) groups is 2. The topological polar surface area (TPSA) is 118 Å². The standard InChI is InChI=1S/C16H15IN6O3/c1-19-9-2-4-10(5-3-9)20-16(26)22-7-12-13(15(18)25)14(17)21-23(12)6-11(22)8-24/h2-5,11,24H,6-8H2,(H2,18,25)(H,20,26). The molecule has 9 nitrogen and oxygen atoms in total. The molecule has 0 fully saturated rings. The molecule has 1 atom stereocenters. The molecule has 26 heavy (non-hydrogen) atoms. The van der Waals surface area contributed by atoms with E-state index in [9.17, 15) is 14.7 Å². The van der Waals surface area contributed by atoms with Crippen molar-refractivity contribution < 1.29 is 14.7 Å². The van der Waals surface area contributed by atoms with Crippen LogP contribution in [0.25, 0.3) is 4.85 Å². The molecule has 1 unspecified atom stereocenters. The van der Waals surface area contributed by atoms with Crippen LogP contribution in [0.3, 0.4) is 0 Å². The Morgan fingerprint density at radius 2 is 2.12 bits per heavy atom. The molecule has 4 N–H and O–H groups in total. The van der Waals surface area contributed by atoms with Crippen LogP contribution in [0.15, 0.2) is 24.3 Å². The van der Waals surface area contributed by atoms with Gasteiger partial charge in [0.15, 0.2) is 5.69 Å². The van der Waals surface area contributed by atoms with Crippen molar-refractivity contribution in [3.8, 4) is 0 Å². The third-order valence-corrected chi connectivity index (χ3v) is 4.88. The van der Waals surface area contributed by atoms with E-state index in [4.69, 9.17) is 12.3 Å². The number of hydrogen-bond donors (Lipinski definition) is 3. The van der Waals surface area contributed by atoms with Gasteiger partial charge in [-0.15, -0.1) is 0 Å². The molecule has 3 rings (SSSR count). The largest absolute Gasteiger partial charge is 0.394 e. The van der Waals surface area contributed by atoms with E-state index in [0.29, 0.717) is 26.3 Å². The van der Waals surface area contributed by atoms with Crippen molar-refractivity contribution in [3.05, 3.63) is 50.6 Å². The van der Waals surface area contributed by atoms with Crippen LogP contribution in [0.1, 0.15) is 16.1 Å². The van der Waals surface area contributed by atoms with E-state index < -0.39 is 18.0 Å². The molecule has 3 amide bonds. The monoisotopic (exact) mass is 466 g/mol. The number of nitrogens with two attached hydrogens (primary N) is 1. The summed E-state index contributed by atoms with van der Waals surface area (Å²) >= 11 is 1.93. The second kappa shape index (κ2) is 7.30. The van der Waals surface area contributed by atoms with Crippen LogP contribution in [0, 0.1) is 10.3 Å². The van der Waals surface area contributed by atoms with Gasteiger partial charge in [-0.25, -0.2) is 9.64 Å². The highest BCUT2D eigenvalue weighted by Gasteiger charge is 2.34. The number of nitrogens with zero attached hydrogens (tertiary/aromatic N) is 4. The molecule has 10 heteroatoms. The van der Waals surface area contributed by atoms with Crippen LogP contribution in [-0.4, -0.2) is 44.4 Å². The predicted octanol–water partition coefficient (Wildman–Crippen LogP) is 1.55. The highest BCUT2D eigenvalue weighted by molar-refractivity contribution is 14.1. The Morgan fingerprint density at radius 3 is 2.69 bits per heavy atom. The molecule has 134 valence electrons. The van der Waals surface area contributed by atoms with Gasteiger partial charge in [0, 0.05) is 5.69 Å². The number of carbonyl (C=O) groups excluding carboxylic acids is 2. The third kappa shape index (κ3) is 3.35. The van der Waals surface area contributed by atoms with E-state index in [0.717, 1.165) is 0 Å². The summed E-state index contributed by atoms with van der Waals surface area (Å²) in [5.74, 6) is -0.604. The molecular weight excluding hydrogens is 451 g/mol. The van der Waals surface area contributed by atoms with E-state index in [2.05, 4.69) is 15.3 Å². The van der Waals surface area contributed by atoms with Gasteiger partial charge in [0.05, 0.1) is 43.6 Å². The number of rotatable bonds is 3. The number of aromatic nitrogens is 2. The molecule has 0 radical (unpaired) electrons. The van der Waals surface area contributed by atoms with Crippen LogP contribution < -0.4 is 11.1 Å². The minimum atomic E-state index is -0.604. The van der Waals surface area contributed by atoms with E-state index in [1.807, 2.05) is 22.6 Å². The van der Waals surface area contributed by atoms with Crippen LogP contribution >= 0.6 is 22.6 Å². The normalized spacial score (nSPS) is 15.9. The maximum atomic E-state index is 12.7. The molecule has 1 aliphatic heterocycles. The van der Waals surface area contributed by atoms with Crippen molar-refractivity contribution >= 4 is 45.9 Å². The van der Waals surface area contributed by atoms with Crippen LogP contribution in [0.2, 0.25) is 0 Å². The molecular formula is C16H15IN6O3. The molecule has 1 aromatic heterocycles. The van der Waals surface area contributed by atoms with E-state index in [1.165, 1.54) is 4.90 Å². The average molecular weight is 466 g/mol. The molecule has 2 heterocycles. The van der Waals surface area contributed by atoms with Gasteiger partial charge in [-0.2, -0.15) is 5.10 Å². The number of hydrogen-bond acceptors (Lipinski definition) is 4. The summed E-state index contributed by atoms with van der Waals surface area (Å²) in [4.78, 5) is 29.1. The summed E-state index contributed by atoms with van der Waals surface area (Å²) in [6.45, 7) is 7.07. The average Bonchev–Trinajstić information content (AvgIpc) is 2.95. The number of fused-ring (bicyclic) bond motifs is 1. The first-order chi connectivity index (χ1) is 12.4. The highest BCUT2D eigenvalue weighted by atomic mass is 127. The Balaban J connectivity index is 1.85. The number of urea groups is 1. The summed E-state index contributed by atoms with van der Waals surface area (Å²) in [6.07, 6.45) is 0. The second-order valence-corrected chi connectivity index (χ2v) is 6.73. The molecule has 0 aliphatic carbocycles. The number of aliphatic hydroxyl groups is 1. The summed E-state index contributed by atoms with van der Waals surface area (Å²) < 4.78 is 2.08. The van der Waals surface area contributed by atoms with Crippen LogP contribution in [0.5, 0.6) is 0 Å². The first-order valence-corrected chi connectivity index (χ1v) is 8.73. The maximum absolute atomic E-state index is 12.7. The van der Waals surface area contributed by atoms with Crippen molar-refractivity contribution in [2.24, 2.45) is 5.73 Å². The Hall–Kier alpha value is -2.65. The fraction of sp³-hybridized carbons (Fsp3) is 0.250. The lowest BCUT2D eigenvalue weighted by Gasteiger charge is -2.35. The smallest absolute Gasteiger partial charge is 0.322 e. The minimum Gasteiger partial charge on any atom is -0.394 e. The maximum Gasteiger partial charge on any atom is 0.322 e. The zero-order chi connectivity index (χ0) is 18.8. The van der Waals surface area contributed by atoms with Crippen LogP contribution in [-0.2, 0) is 13.1 Å². The zero-order valence-electron chi connectivity index (χ0n) is 13.5. The number of benzene rings is 1. The van der Waals surface area contributed by atoms with Crippen molar-refractivity contribution in [2.75, 3.05) is 11.9 Å². The Morgan fingerprint density at radius 1 is 1.42 bits per heavy atom. The molecule has 0 saturated carbocycles. The number of nitrogens with one attached hydrogen (secondary N) is 1. The fourth-order valence-corrected chi connectivity index (χ4v) is 3.65. The quantitative estimate of drug-likeness (QED) is 0.470. The number of aliphatic hydroxyl groups excluding tert-OH is 1. The van der Waals surface area contributed by atoms with Crippen molar-refractivity contribution in [3.63, 3.8) is 0 Å². The summed E-state index contributed by atoms with van der Waals surface area (Å²) in [5, 5.41) is 16.7. The van der Waals surface area contributed by atoms with E-state index in [1.54, 1.807) is 28.9 Å². The molecule has 2 aromatic rings. The van der Waals surface area contributed by atoms with Gasteiger partial charge >= 0.3 is 6.03 Å². The van der Waals surface area contributed by atoms with Crippen LogP contribution in [0.4, 0.5) is 16.2 Å². The lowest BCUT2D eigenvalue weighted by molar-refractivity contribution is 0.0973. The molecule has 0 saturated heterocycles. The van der Waals surface area contributed by atoms with Crippen molar-refractivity contribution in [1.82, 2.24) is 14.7 Å². The van der Waals surface area contributed by atoms with Gasteiger partial charge in [-0.05, 0) is 34.7 Å². The van der Waals surface area contributed by atoms with Gasteiger partial charge in [0.1, 0.15) is 3.70 Å². The lowest BCUT2D eigenvalue weighted by Crippen LogP contribution is -2.50. The number of anilines is 1. The minimum absolute atomic E-state index is 0.103.